The van der Waals surface area contributed by atoms with Crippen molar-refractivity contribution in [2.24, 2.45) is 0 Å². The summed E-state index contributed by atoms with van der Waals surface area (Å²) in [7, 11) is 0. The van der Waals surface area contributed by atoms with Gasteiger partial charge in [0.25, 0.3) is 0 Å². The molecule has 0 saturated heterocycles. The first-order valence-electron chi connectivity index (χ1n) is 11.2. The van der Waals surface area contributed by atoms with Gasteiger partial charge in [-0.15, -0.1) is 0 Å². The highest BCUT2D eigenvalue weighted by atomic mass is 16.5. The molecule has 174 valence electrons. The Bertz CT molecular complexity index is 990. The number of aliphatic carboxylic acids is 1. The van der Waals surface area contributed by atoms with Gasteiger partial charge in [-0.3, -0.25) is 4.79 Å². The molecule has 33 heavy (non-hydrogen) atoms. The Labute approximate surface area is 192 Å². The van der Waals surface area contributed by atoms with Gasteiger partial charge in [0.1, 0.15) is 19.3 Å². The summed E-state index contributed by atoms with van der Waals surface area (Å²) < 4.78 is 10.8. The quantitative estimate of drug-likeness (QED) is 0.537. The predicted octanol–water partition coefficient (Wildman–Crippen LogP) is 3.01. The van der Waals surface area contributed by atoms with E-state index in [9.17, 15) is 19.5 Å². The molecule has 8 heteroatoms. The van der Waals surface area contributed by atoms with Crippen LogP contribution in [0.2, 0.25) is 0 Å². The normalized spacial score (nSPS) is 15.3. The Kier molecular flexibility index (Phi) is 6.93. The third kappa shape index (κ3) is 5.17. The Hall–Kier alpha value is -3.39. The second kappa shape index (κ2) is 10.0. The molecule has 2 aliphatic rings. The number of carbonyl (C=O) groups is 3. The molecule has 4 rings (SSSR count). The van der Waals surface area contributed by atoms with Crippen LogP contribution in [0.1, 0.15) is 36.8 Å². The van der Waals surface area contributed by atoms with Crippen LogP contribution < -0.4 is 5.32 Å². The third-order valence-corrected chi connectivity index (χ3v) is 6.09. The van der Waals surface area contributed by atoms with E-state index in [0.29, 0.717) is 0 Å². The maximum atomic E-state index is 12.3. The van der Waals surface area contributed by atoms with Crippen LogP contribution in [-0.4, -0.2) is 66.4 Å². The number of fused-ring (bicyclic) bond motifs is 3. The van der Waals surface area contributed by atoms with Crippen molar-refractivity contribution in [2.45, 2.75) is 37.8 Å². The van der Waals surface area contributed by atoms with Crippen molar-refractivity contribution in [3.05, 3.63) is 59.7 Å². The summed E-state index contributed by atoms with van der Waals surface area (Å²) in [4.78, 5) is 37.1. The van der Waals surface area contributed by atoms with E-state index in [4.69, 9.17) is 9.47 Å². The van der Waals surface area contributed by atoms with Gasteiger partial charge in [0.15, 0.2) is 0 Å². The number of benzene rings is 2. The van der Waals surface area contributed by atoms with E-state index in [2.05, 4.69) is 29.6 Å². The van der Waals surface area contributed by atoms with Crippen molar-refractivity contribution in [1.29, 1.82) is 0 Å². The maximum absolute atomic E-state index is 12.3. The van der Waals surface area contributed by atoms with Gasteiger partial charge < -0.3 is 24.8 Å². The van der Waals surface area contributed by atoms with E-state index in [0.717, 1.165) is 35.1 Å². The molecule has 0 radical (unpaired) electrons. The lowest BCUT2D eigenvalue weighted by atomic mass is 9.98. The number of hydrogen-bond donors (Lipinski definition) is 2. The summed E-state index contributed by atoms with van der Waals surface area (Å²) in [6.45, 7) is 1.80. The number of carboxylic acid groups (broad SMARTS) is 1. The fraction of sp³-hybridized carbons (Fsp3) is 0.400. The zero-order valence-electron chi connectivity index (χ0n) is 18.5. The van der Waals surface area contributed by atoms with Crippen molar-refractivity contribution in [2.75, 3.05) is 26.4 Å². The average Bonchev–Trinajstić information content (AvgIpc) is 3.59. The van der Waals surface area contributed by atoms with E-state index in [1.165, 1.54) is 11.8 Å². The van der Waals surface area contributed by atoms with Gasteiger partial charge in [0.05, 0.1) is 6.61 Å². The molecule has 1 atom stereocenters. The fourth-order valence-corrected chi connectivity index (χ4v) is 4.32. The molecule has 2 aromatic rings. The molecule has 0 aliphatic heterocycles. The van der Waals surface area contributed by atoms with Crippen molar-refractivity contribution in [3.8, 4) is 11.1 Å². The summed E-state index contributed by atoms with van der Waals surface area (Å²) in [5, 5.41) is 11.8. The summed E-state index contributed by atoms with van der Waals surface area (Å²) in [5.41, 5.74) is 4.61. The molecule has 2 N–H and O–H groups in total. The molecule has 1 saturated carbocycles. The minimum atomic E-state index is -1.04. The first-order valence-corrected chi connectivity index (χ1v) is 11.2. The molecule has 1 unspecified atom stereocenters. The summed E-state index contributed by atoms with van der Waals surface area (Å²) in [6.07, 6.45) is 1.07. The SMILES string of the molecule is CC(C(=O)O)N(C(=O)COCCNC(=O)OCC1c2ccccc2-c2ccccc21)C1CC1. The number of carbonyl (C=O) groups excluding carboxylic acids is 2. The molecule has 0 aromatic heterocycles. The van der Waals surface area contributed by atoms with Crippen molar-refractivity contribution in [1.82, 2.24) is 10.2 Å². The van der Waals surface area contributed by atoms with E-state index >= 15 is 0 Å². The zero-order valence-corrected chi connectivity index (χ0v) is 18.5. The second-order valence-corrected chi connectivity index (χ2v) is 8.35. The van der Waals surface area contributed by atoms with E-state index in [1.807, 2.05) is 24.3 Å². The number of nitrogens with one attached hydrogen (secondary N) is 1. The number of hydrogen-bond acceptors (Lipinski definition) is 5. The van der Waals surface area contributed by atoms with Crippen LogP contribution in [-0.2, 0) is 19.1 Å². The Morgan fingerprint density at radius 1 is 1.06 bits per heavy atom. The average molecular weight is 453 g/mol. The highest BCUT2D eigenvalue weighted by molar-refractivity contribution is 5.84. The van der Waals surface area contributed by atoms with Crippen LogP contribution in [0.5, 0.6) is 0 Å². The molecule has 1 fully saturated rings. The first-order chi connectivity index (χ1) is 16.0. The van der Waals surface area contributed by atoms with Crippen molar-refractivity contribution >= 4 is 18.0 Å². The maximum Gasteiger partial charge on any atom is 0.407 e. The van der Waals surface area contributed by atoms with E-state index < -0.39 is 18.1 Å². The summed E-state index contributed by atoms with van der Waals surface area (Å²) in [6, 6.07) is 15.3. The Balaban J connectivity index is 1.19. The van der Waals surface area contributed by atoms with Gasteiger partial charge in [-0.2, -0.15) is 0 Å². The predicted molar refractivity (Wildman–Crippen MR) is 121 cm³/mol. The van der Waals surface area contributed by atoms with Gasteiger partial charge in [-0.25, -0.2) is 9.59 Å². The van der Waals surface area contributed by atoms with Crippen LogP contribution in [0.25, 0.3) is 11.1 Å². The third-order valence-electron chi connectivity index (χ3n) is 6.09. The summed E-state index contributed by atoms with van der Waals surface area (Å²) >= 11 is 0. The molecular weight excluding hydrogens is 424 g/mol. The van der Waals surface area contributed by atoms with Crippen LogP contribution in [0.15, 0.2) is 48.5 Å². The lowest BCUT2D eigenvalue weighted by Crippen LogP contribution is -2.46. The van der Waals surface area contributed by atoms with Crippen LogP contribution >= 0.6 is 0 Å². The van der Waals surface area contributed by atoms with Crippen molar-refractivity contribution < 1.29 is 29.0 Å². The minimum absolute atomic E-state index is 0.0124. The second-order valence-electron chi connectivity index (χ2n) is 8.35. The fourth-order valence-electron chi connectivity index (χ4n) is 4.32. The topological polar surface area (TPSA) is 105 Å². The highest BCUT2D eigenvalue weighted by Crippen LogP contribution is 2.44. The largest absolute Gasteiger partial charge is 0.480 e. The molecule has 2 aliphatic carbocycles. The smallest absolute Gasteiger partial charge is 0.407 e. The van der Waals surface area contributed by atoms with E-state index in [-0.39, 0.29) is 44.2 Å². The van der Waals surface area contributed by atoms with Gasteiger partial charge >= 0.3 is 12.1 Å². The van der Waals surface area contributed by atoms with Gasteiger partial charge in [-0.05, 0) is 42.0 Å². The number of carboxylic acids is 1. The Morgan fingerprint density at radius 3 is 2.24 bits per heavy atom. The van der Waals surface area contributed by atoms with Crippen LogP contribution in [0.4, 0.5) is 4.79 Å². The van der Waals surface area contributed by atoms with Crippen LogP contribution in [0.3, 0.4) is 0 Å². The molecule has 2 amide bonds. The zero-order chi connectivity index (χ0) is 23.4. The molecule has 2 aromatic carbocycles. The first kappa shape index (κ1) is 22.8. The molecule has 0 bridgehead atoms. The number of amides is 2. The molecule has 8 nitrogen and oxygen atoms in total. The van der Waals surface area contributed by atoms with Gasteiger partial charge in [0.2, 0.25) is 5.91 Å². The number of rotatable bonds is 10. The van der Waals surface area contributed by atoms with Crippen LogP contribution in [0, 0.1) is 0 Å². The van der Waals surface area contributed by atoms with Gasteiger partial charge in [-0.1, -0.05) is 48.5 Å². The highest BCUT2D eigenvalue weighted by Gasteiger charge is 2.38. The lowest BCUT2D eigenvalue weighted by molar-refractivity contribution is -0.152. The Morgan fingerprint density at radius 2 is 1.67 bits per heavy atom. The molecular formula is C25H28N2O6. The summed E-state index contributed by atoms with van der Waals surface area (Å²) in [5.74, 6) is -1.40. The number of alkyl carbamates (subject to hydrolysis) is 1. The lowest BCUT2D eigenvalue weighted by Gasteiger charge is -2.26. The molecule has 0 heterocycles. The number of nitrogens with zero attached hydrogens (tertiary/aromatic N) is 1. The minimum Gasteiger partial charge on any atom is -0.480 e. The molecule has 0 spiro atoms. The monoisotopic (exact) mass is 452 g/mol. The van der Waals surface area contributed by atoms with E-state index in [1.54, 1.807) is 0 Å². The number of ether oxygens (including phenoxy) is 2. The standard InChI is InChI=1S/C25H28N2O6/c1-16(24(29)30)27(17-10-11-17)23(28)15-32-13-12-26-25(31)33-14-22-20-8-4-2-6-18(20)19-7-3-5-9-21(19)22/h2-9,16-17,22H,10-15H2,1H3,(H,26,31)(H,29,30). The van der Waals surface area contributed by atoms with Crippen molar-refractivity contribution in [3.63, 3.8) is 0 Å². The van der Waals surface area contributed by atoms with Gasteiger partial charge in [0, 0.05) is 18.5 Å².